The summed E-state index contributed by atoms with van der Waals surface area (Å²) in [4.78, 5) is 23.9. The minimum atomic E-state index is -4.49. The van der Waals surface area contributed by atoms with Crippen molar-refractivity contribution in [2.45, 2.75) is 38.9 Å². The van der Waals surface area contributed by atoms with Gasteiger partial charge >= 0.3 is 11.9 Å². The minimum absolute atomic E-state index is 0.0768. The number of aromatic nitrogens is 3. The van der Waals surface area contributed by atoms with Gasteiger partial charge in [-0.25, -0.2) is 4.79 Å². The molecule has 0 saturated carbocycles. The largest absolute Gasteiger partial charge is 0.416 e. The van der Waals surface area contributed by atoms with Crippen molar-refractivity contribution in [3.05, 3.63) is 81.9 Å². The van der Waals surface area contributed by atoms with E-state index in [4.69, 9.17) is 17.2 Å². The molecule has 2 heterocycles. The molecule has 0 unspecified atom stereocenters. The number of benzene rings is 2. The highest BCUT2D eigenvalue weighted by atomic mass is 19.4. The molecule has 41 heavy (non-hydrogen) atoms. The fourth-order valence-electron chi connectivity index (χ4n) is 4.44. The number of aliphatic imine (C=N–C) groups is 1. The fraction of sp³-hybridized carbons (Fsp3) is 0.345. The van der Waals surface area contributed by atoms with Crippen molar-refractivity contribution in [1.82, 2.24) is 19.9 Å². The zero-order valence-electron chi connectivity index (χ0n) is 22.8. The van der Waals surface area contributed by atoms with Crippen LogP contribution in [0.25, 0.3) is 28.0 Å². The van der Waals surface area contributed by atoms with Gasteiger partial charge in [-0.1, -0.05) is 19.1 Å². The average molecular weight is 569 g/mol. The molecule has 12 heteroatoms. The van der Waals surface area contributed by atoms with Crippen molar-refractivity contribution in [3.8, 4) is 16.9 Å². The van der Waals surface area contributed by atoms with Gasteiger partial charge in [0, 0.05) is 30.4 Å². The van der Waals surface area contributed by atoms with E-state index in [1.807, 2.05) is 31.2 Å². The zero-order chi connectivity index (χ0) is 29.6. The predicted molar refractivity (Wildman–Crippen MR) is 156 cm³/mol. The second-order valence-corrected chi connectivity index (χ2v) is 10.2. The molecule has 9 nitrogen and oxygen atoms in total. The van der Waals surface area contributed by atoms with Crippen LogP contribution in [0.1, 0.15) is 36.5 Å². The van der Waals surface area contributed by atoms with Crippen molar-refractivity contribution >= 4 is 17.0 Å². The van der Waals surface area contributed by atoms with Crippen LogP contribution in [0.2, 0.25) is 0 Å². The fourth-order valence-corrected chi connectivity index (χ4v) is 4.44. The molecule has 0 spiro atoms. The summed E-state index contributed by atoms with van der Waals surface area (Å²) in [6, 6.07) is 13.2. The first-order valence-electron chi connectivity index (χ1n) is 13.4. The third kappa shape index (κ3) is 7.95. The number of hydrogen-bond donors (Lipinski definition) is 5. The number of aryl methyl sites for hydroxylation is 1. The van der Waals surface area contributed by atoms with Gasteiger partial charge in [-0.2, -0.15) is 18.2 Å². The van der Waals surface area contributed by atoms with E-state index in [2.05, 4.69) is 20.3 Å². The number of fused-ring (bicyclic) bond motifs is 1. The van der Waals surface area contributed by atoms with E-state index in [0.717, 1.165) is 24.6 Å². The number of guanidine groups is 1. The molecule has 2 aromatic carbocycles. The normalized spacial score (nSPS) is 12.5. The van der Waals surface area contributed by atoms with E-state index >= 15 is 0 Å². The summed E-state index contributed by atoms with van der Waals surface area (Å²) in [6.45, 7) is 4.38. The summed E-state index contributed by atoms with van der Waals surface area (Å²) in [5.41, 5.74) is 18.4. The summed E-state index contributed by atoms with van der Waals surface area (Å²) in [7, 11) is 0. The van der Waals surface area contributed by atoms with E-state index in [1.54, 1.807) is 18.3 Å². The van der Waals surface area contributed by atoms with Gasteiger partial charge in [0.15, 0.2) is 5.96 Å². The molecule has 0 bridgehead atoms. The molecule has 0 aliphatic carbocycles. The molecule has 4 rings (SSSR count). The van der Waals surface area contributed by atoms with Crippen molar-refractivity contribution in [2.75, 3.05) is 19.6 Å². The third-order valence-electron chi connectivity index (χ3n) is 6.82. The van der Waals surface area contributed by atoms with Crippen molar-refractivity contribution < 1.29 is 13.2 Å². The zero-order valence-corrected chi connectivity index (χ0v) is 22.8. The molecule has 4 aromatic rings. The van der Waals surface area contributed by atoms with E-state index in [9.17, 15) is 18.0 Å². The maximum atomic E-state index is 13.7. The predicted octanol–water partition coefficient (Wildman–Crippen LogP) is 3.68. The summed E-state index contributed by atoms with van der Waals surface area (Å²) >= 11 is 0. The first-order chi connectivity index (χ1) is 19.5. The number of H-pyrrole nitrogens is 1. The number of rotatable bonds is 12. The number of nitrogens with zero attached hydrogens (tertiary/aromatic N) is 3. The van der Waals surface area contributed by atoms with Crippen LogP contribution in [0.5, 0.6) is 0 Å². The molecular formula is C29H35F3N8O. The molecular weight excluding hydrogens is 533 g/mol. The van der Waals surface area contributed by atoms with Crippen LogP contribution in [-0.4, -0.2) is 40.1 Å². The van der Waals surface area contributed by atoms with Gasteiger partial charge in [0.25, 0.3) is 0 Å². The number of halogens is 3. The Hall–Kier alpha value is -4.16. The topological polar surface area (TPSA) is 153 Å². The number of hydrogen-bond acceptors (Lipinski definition) is 5. The quantitative estimate of drug-likeness (QED) is 0.0999. The van der Waals surface area contributed by atoms with Gasteiger partial charge in [-0.15, -0.1) is 0 Å². The molecule has 0 amide bonds. The number of nitrogens with one attached hydrogen (secondary N) is 2. The first-order valence-corrected chi connectivity index (χ1v) is 13.4. The molecule has 218 valence electrons. The molecule has 0 aliphatic heterocycles. The molecule has 0 saturated heterocycles. The van der Waals surface area contributed by atoms with Gasteiger partial charge in [0.05, 0.1) is 11.3 Å². The Morgan fingerprint density at radius 1 is 1.12 bits per heavy atom. The van der Waals surface area contributed by atoms with Crippen LogP contribution >= 0.6 is 0 Å². The van der Waals surface area contributed by atoms with E-state index in [-0.39, 0.29) is 11.9 Å². The van der Waals surface area contributed by atoms with Gasteiger partial charge in [-0.3, -0.25) is 9.56 Å². The highest BCUT2D eigenvalue weighted by molar-refractivity contribution is 5.82. The lowest BCUT2D eigenvalue weighted by Crippen LogP contribution is -2.23. The number of alkyl halides is 3. The molecule has 0 radical (unpaired) electrons. The summed E-state index contributed by atoms with van der Waals surface area (Å²) in [5.74, 6) is 0.274. The Morgan fingerprint density at radius 2 is 1.88 bits per heavy atom. The van der Waals surface area contributed by atoms with E-state index in [1.165, 1.54) is 10.6 Å². The van der Waals surface area contributed by atoms with Crippen molar-refractivity contribution in [3.63, 3.8) is 0 Å². The maximum absolute atomic E-state index is 13.7. The van der Waals surface area contributed by atoms with Crippen LogP contribution < -0.4 is 28.2 Å². The summed E-state index contributed by atoms with van der Waals surface area (Å²) in [5, 5.41) is 3.91. The van der Waals surface area contributed by atoms with E-state index < -0.39 is 17.4 Å². The van der Waals surface area contributed by atoms with E-state index in [0.29, 0.717) is 66.0 Å². The standard InChI is InChI=1S/C29H35F3N8O/c1-18(15-33)3-4-20-11-21(13-23(12-20)29(30,31)32)25-14-22-17-40(28(41)39-26(22)38-25)24-7-5-19(6-8-24)16-36-9-2-10-37-27(34)35/h5-8,11-14,17-18,36H,2-4,9-10,15-16,33H2,1H3,(H4,34,35,37)(H,38,39,41)/t18-/m1/s1. The Kier molecular flexibility index (Phi) is 9.46. The Morgan fingerprint density at radius 3 is 2.56 bits per heavy atom. The highest BCUT2D eigenvalue weighted by Gasteiger charge is 2.31. The number of aromatic amines is 1. The summed E-state index contributed by atoms with van der Waals surface area (Å²) in [6.07, 6.45) is -0.902. The lowest BCUT2D eigenvalue weighted by Gasteiger charge is -2.13. The van der Waals surface area contributed by atoms with Crippen LogP contribution in [0.15, 0.2) is 64.5 Å². The van der Waals surface area contributed by atoms with Crippen molar-refractivity contribution in [2.24, 2.45) is 28.1 Å². The third-order valence-corrected chi connectivity index (χ3v) is 6.82. The monoisotopic (exact) mass is 568 g/mol. The Balaban J connectivity index is 1.55. The van der Waals surface area contributed by atoms with Gasteiger partial charge in [0.1, 0.15) is 5.65 Å². The highest BCUT2D eigenvalue weighted by Crippen LogP contribution is 2.34. The van der Waals surface area contributed by atoms with Crippen LogP contribution in [-0.2, 0) is 19.1 Å². The van der Waals surface area contributed by atoms with Gasteiger partial charge in [0.2, 0.25) is 0 Å². The Bertz CT molecular complexity index is 1550. The molecule has 2 aromatic heterocycles. The molecule has 8 N–H and O–H groups in total. The minimum Gasteiger partial charge on any atom is -0.370 e. The van der Waals surface area contributed by atoms with Crippen LogP contribution in [0, 0.1) is 5.92 Å². The average Bonchev–Trinajstić information content (AvgIpc) is 3.35. The van der Waals surface area contributed by atoms with Gasteiger partial charge < -0.3 is 27.5 Å². The number of nitrogens with two attached hydrogens (primary N) is 3. The van der Waals surface area contributed by atoms with Gasteiger partial charge in [-0.05, 0) is 91.4 Å². The summed E-state index contributed by atoms with van der Waals surface area (Å²) < 4.78 is 42.5. The molecule has 1 atom stereocenters. The SMILES string of the molecule is C[C@@H](CN)CCc1cc(-c2cc3cn(-c4ccc(CNCCCN=C(N)N)cc4)c(=O)nc3[nH]2)cc(C(F)(F)F)c1. The first kappa shape index (κ1) is 29.8. The molecule has 0 fully saturated rings. The van der Waals surface area contributed by atoms with Crippen LogP contribution in [0.4, 0.5) is 13.2 Å². The Labute approximate surface area is 235 Å². The second kappa shape index (κ2) is 13.0. The lowest BCUT2D eigenvalue weighted by molar-refractivity contribution is -0.137. The maximum Gasteiger partial charge on any atom is 0.416 e. The van der Waals surface area contributed by atoms with Crippen LogP contribution in [0.3, 0.4) is 0 Å². The smallest absolute Gasteiger partial charge is 0.370 e. The second-order valence-electron chi connectivity index (χ2n) is 10.2. The lowest BCUT2D eigenvalue weighted by atomic mass is 9.96. The van der Waals surface area contributed by atoms with Crippen molar-refractivity contribution in [1.29, 1.82) is 0 Å². The molecule has 0 aliphatic rings.